The van der Waals surface area contributed by atoms with Crippen LogP contribution in [0.5, 0.6) is 0 Å². The number of hydrogen-bond donors (Lipinski definition) is 1. The summed E-state index contributed by atoms with van der Waals surface area (Å²) in [4.78, 5) is 27.2. The second-order valence-electron chi connectivity index (χ2n) is 7.23. The average molecular weight is 369 g/mol. The maximum atomic E-state index is 12.7. The van der Waals surface area contributed by atoms with E-state index in [1.165, 1.54) is 11.9 Å². The van der Waals surface area contributed by atoms with Crippen LogP contribution in [-0.4, -0.2) is 55.4 Å². The molecule has 2 aromatic rings. The third-order valence-electron chi connectivity index (χ3n) is 5.31. The first-order valence-electron chi connectivity index (χ1n) is 8.90. The first-order valence-corrected chi connectivity index (χ1v) is 9.89. The van der Waals surface area contributed by atoms with Crippen molar-refractivity contribution in [1.29, 1.82) is 0 Å². The SMILES string of the molecule is Cc1ncnc(C(=O)N2CC3(CC(NCc4cccnc4)CS3)C2)c1C. The van der Waals surface area contributed by atoms with E-state index < -0.39 is 0 Å². The smallest absolute Gasteiger partial charge is 0.272 e. The minimum Gasteiger partial charge on any atom is -0.334 e. The molecular formula is C19H23N5OS. The lowest BCUT2D eigenvalue weighted by Gasteiger charge is -2.47. The molecule has 2 aromatic heterocycles. The average Bonchev–Trinajstić information content (AvgIpc) is 3.06. The van der Waals surface area contributed by atoms with Crippen LogP contribution in [0, 0.1) is 13.8 Å². The summed E-state index contributed by atoms with van der Waals surface area (Å²) in [5.74, 6) is 1.12. The van der Waals surface area contributed by atoms with E-state index >= 15 is 0 Å². The molecule has 136 valence electrons. The molecule has 1 amide bonds. The van der Waals surface area contributed by atoms with Gasteiger partial charge in [-0.25, -0.2) is 9.97 Å². The topological polar surface area (TPSA) is 71.0 Å². The molecule has 26 heavy (non-hydrogen) atoms. The summed E-state index contributed by atoms with van der Waals surface area (Å²) in [7, 11) is 0. The highest BCUT2D eigenvalue weighted by molar-refractivity contribution is 8.01. The number of pyridine rings is 1. The number of aromatic nitrogens is 3. The van der Waals surface area contributed by atoms with Gasteiger partial charge in [0.05, 0.1) is 4.75 Å². The van der Waals surface area contributed by atoms with Gasteiger partial charge in [0.2, 0.25) is 0 Å². The summed E-state index contributed by atoms with van der Waals surface area (Å²) in [5.41, 5.74) is 3.50. The van der Waals surface area contributed by atoms with Gasteiger partial charge in [-0.2, -0.15) is 0 Å². The zero-order chi connectivity index (χ0) is 18.1. The summed E-state index contributed by atoms with van der Waals surface area (Å²) >= 11 is 1.99. The van der Waals surface area contributed by atoms with E-state index in [9.17, 15) is 4.79 Å². The maximum Gasteiger partial charge on any atom is 0.272 e. The van der Waals surface area contributed by atoms with Crippen LogP contribution in [0.4, 0.5) is 0 Å². The lowest BCUT2D eigenvalue weighted by atomic mass is 9.91. The van der Waals surface area contributed by atoms with Gasteiger partial charge in [-0.15, -0.1) is 11.8 Å². The Bertz CT molecular complexity index is 807. The van der Waals surface area contributed by atoms with Gasteiger partial charge in [0, 0.05) is 55.1 Å². The van der Waals surface area contributed by atoms with Crippen LogP contribution in [0.1, 0.15) is 33.7 Å². The molecule has 1 N–H and O–H groups in total. The molecule has 4 rings (SSSR count). The van der Waals surface area contributed by atoms with E-state index in [-0.39, 0.29) is 10.7 Å². The molecule has 0 aromatic carbocycles. The first kappa shape index (κ1) is 17.4. The molecule has 0 saturated carbocycles. The van der Waals surface area contributed by atoms with E-state index in [1.54, 1.807) is 6.20 Å². The van der Waals surface area contributed by atoms with Crippen molar-refractivity contribution in [3.8, 4) is 0 Å². The van der Waals surface area contributed by atoms with Gasteiger partial charge in [-0.1, -0.05) is 6.07 Å². The second kappa shape index (κ2) is 6.96. The minimum absolute atomic E-state index is 0.0333. The van der Waals surface area contributed by atoms with Crippen LogP contribution >= 0.6 is 11.8 Å². The van der Waals surface area contributed by atoms with Crippen molar-refractivity contribution in [3.05, 3.63) is 53.4 Å². The van der Waals surface area contributed by atoms with Gasteiger partial charge in [0.15, 0.2) is 0 Å². The third-order valence-corrected chi connectivity index (χ3v) is 6.92. The standard InChI is InChI=1S/C19H23N5OS/c1-13-14(2)22-12-23-17(13)18(25)24-10-19(11-24)6-16(9-26-19)21-8-15-4-3-5-20-7-15/h3-5,7,12,16,21H,6,8-11H2,1-2H3. The molecule has 7 heteroatoms. The highest BCUT2D eigenvalue weighted by Gasteiger charge is 2.50. The zero-order valence-corrected chi connectivity index (χ0v) is 15.9. The Labute approximate surface area is 157 Å². The fourth-order valence-corrected chi connectivity index (χ4v) is 5.26. The van der Waals surface area contributed by atoms with Gasteiger partial charge >= 0.3 is 0 Å². The Morgan fingerprint density at radius 2 is 2.23 bits per heavy atom. The van der Waals surface area contributed by atoms with Crippen LogP contribution < -0.4 is 5.32 Å². The Hall–Kier alpha value is -1.99. The summed E-state index contributed by atoms with van der Waals surface area (Å²) in [6, 6.07) is 4.54. The number of aryl methyl sites for hydroxylation is 1. The van der Waals surface area contributed by atoms with Gasteiger partial charge in [-0.05, 0) is 31.9 Å². The van der Waals surface area contributed by atoms with Crippen LogP contribution in [-0.2, 0) is 6.54 Å². The molecule has 2 fully saturated rings. The maximum absolute atomic E-state index is 12.7. The van der Waals surface area contributed by atoms with Crippen molar-refractivity contribution < 1.29 is 4.79 Å². The van der Waals surface area contributed by atoms with Crippen LogP contribution in [0.25, 0.3) is 0 Å². The quantitative estimate of drug-likeness (QED) is 0.889. The highest BCUT2D eigenvalue weighted by Crippen LogP contribution is 2.45. The molecule has 1 spiro atoms. The largest absolute Gasteiger partial charge is 0.334 e. The van der Waals surface area contributed by atoms with Gasteiger partial charge in [-0.3, -0.25) is 9.78 Å². The molecule has 1 unspecified atom stereocenters. The lowest BCUT2D eigenvalue weighted by Crippen LogP contribution is -2.61. The van der Waals surface area contributed by atoms with Crippen molar-refractivity contribution in [2.24, 2.45) is 0 Å². The number of likely N-dealkylation sites (tertiary alicyclic amines) is 1. The molecule has 2 aliphatic rings. The van der Waals surface area contributed by atoms with Gasteiger partial charge < -0.3 is 10.2 Å². The molecule has 4 heterocycles. The van der Waals surface area contributed by atoms with Crippen molar-refractivity contribution in [1.82, 2.24) is 25.2 Å². The summed E-state index contributed by atoms with van der Waals surface area (Å²) in [6.45, 7) is 6.29. The molecule has 0 radical (unpaired) electrons. The van der Waals surface area contributed by atoms with Crippen molar-refractivity contribution >= 4 is 17.7 Å². The van der Waals surface area contributed by atoms with E-state index in [0.29, 0.717) is 11.7 Å². The Morgan fingerprint density at radius 3 is 3.00 bits per heavy atom. The summed E-state index contributed by atoms with van der Waals surface area (Å²) in [5, 5.41) is 3.63. The van der Waals surface area contributed by atoms with Gasteiger partial charge in [0.1, 0.15) is 12.0 Å². The lowest BCUT2D eigenvalue weighted by molar-refractivity contribution is 0.0545. The normalized spacial score (nSPS) is 21.0. The number of nitrogens with one attached hydrogen (secondary N) is 1. The molecule has 0 aliphatic carbocycles. The Kier molecular flexibility index (Phi) is 4.67. The number of amides is 1. The molecule has 2 aliphatic heterocycles. The third kappa shape index (κ3) is 3.33. The van der Waals surface area contributed by atoms with E-state index in [1.807, 2.05) is 42.8 Å². The second-order valence-corrected chi connectivity index (χ2v) is 8.72. The first-order chi connectivity index (χ1) is 12.6. The van der Waals surface area contributed by atoms with Crippen molar-refractivity contribution in [2.45, 2.75) is 37.6 Å². The van der Waals surface area contributed by atoms with Gasteiger partial charge in [0.25, 0.3) is 5.91 Å². The fraction of sp³-hybridized carbons (Fsp3) is 0.474. The van der Waals surface area contributed by atoms with E-state index in [0.717, 1.165) is 43.1 Å². The predicted octanol–water partition coefficient (Wildman–Crippen LogP) is 1.98. The molecule has 6 nitrogen and oxygen atoms in total. The molecule has 0 bridgehead atoms. The van der Waals surface area contributed by atoms with Crippen LogP contribution in [0.3, 0.4) is 0 Å². The highest BCUT2D eigenvalue weighted by atomic mass is 32.2. The number of carbonyl (C=O) groups excluding carboxylic acids is 1. The van der Waals surface area contributed by atoms with Crippen LogP contribution in [0.15, 0.2) is 30.9 Å². The number of carbonyl (C=O) groups is 1. The number of nitrogens with zero attached hydrogens (tertiary/aromatic N) is 4. The summed E-state index contributed by atoms with van der Waals surface area (Å²) < 4.78 is 0.207. The summed E-state index contributed by atoms with van der Waals surface area (Å²) in [6.07, 6.45) is 6.28. The Morgan fingerprint density at radius 1 is 1.38 bits per heavy atom. The van der Waals surface area contributed by atoms with E-state index in [4.69, 9.17) is 0 Å². The van der Waals surface area contributed by atoms with E-state index in [2.05, 4.69) is 26.3 Å². The monoisotopic (exact) mass is 369 g/mol. The predicted molar refractivity (Wildman–Crippen MR) is 102 cm³/mol. The number of rotatable bonds is 4. The molecular weight excluding hydrogens is 346 g/mol. The van der Waals surface area contributed by atoms with Crippen molar-refractivity contribution in [2.75, 3.05) is 18.8 Å². The fourth-order valence-electron chi connectivity index (χ4n) is 3.66. The van der Waals surface area contributed by atoms with Crippen molar-refractivity contribution in [3.63, 3.8) is 0 Å². The minimum atomic E-state index is 0.0333. The molecule has 2 saturated heterocycles. The molecule has 1 atom stereocenters. The Balaban J connectivity index is 1.31. The number of thioether (sulfide) groups is 1. The zero-order valence-electron chi connectivity index (χ0n) is 15.1. The number of hydrogen-bond acceptors (Lipinski definition) is 6. The van der Waals surface area contributed by atoms with Crippen LogP contribution in [0.2, 0.25) is 0 Å².